The van der Waals surface area contributed by atoms with Gasteiger partial charge >= 0.3 is 0 Å². The van der Waals surface area contributed by atoms with Crippen LogP contribution < -0.4 is 5.32 Å². The van der Waals surface area contributed by atoms with Crippen molar-refractivity contribution in [3.8, 4) is 11.5 Å². The molecule has 3 rings (SSSR count). The second-order valence-corrected chi connectivity index (χ2v) is 6.98. The largest absolute Gasteiger partial charge is 0.444 e. The van der Waals surface area contributed by atoms with Gasteiger partial charge in [-0.3, -0.25) is 0 Å². The summed E-state index contributed by atoms with van der Waals surface area (Å²) in [5.41, 5.74) is 7.15. The molecular weight excluding hydrogens is 380 g/mol. The van der Waals surface area contributed by atoms with Gasteiger partial charge in [-0.1, -0.05) is 73.3 Å². The van der Waals surface area contributed by atoms with Crippen molar-refractivity contribution in [3.63, 3.8) is 0 Å². The Hall–Kier alpha value is -3.85. The van der Waals surface area contributed by atoms with Crippen molar-refractivity contribution in [1.82, 2.24) is 10.3 Å². The molecule has 31 heavy (non-hydrogen) atoms. The summed E-state index contributed by atoms with van der Waals surface area (Å²) in [5.74, 6) is 0.611. The highest BCUT2D eigenvalue weighted by Gasteiger charge is 2.08. The molecule has 2 aromatic carbocycles. The monoisotopic (exact) mass is 408 g/mol. The number of benzene rings is 2. The highest BCUT2D eigenvalue weighted by Crippen LogP contribution is 2.25. The van der Waals surface area contributed by atoms with E-state index in [2.05, 4.69) is 54.2 Å². The van der Waals surface area contributed by atoms with Crippen LogP contribution in [-0.4, -0.2) is 12.0 Å². The molecule has 0 unspecified atom stereocenters. The fourth-order valence-corrected chi connectivity index (χ4v) is 3.19. The Morgan fingerprint density at radius 3 is 2.32 bits per heavy atom. The molecule has 0 radical (unpaired) electrons. The summed E-state index contributed by atoms with van der Waals surface area (Å²) in [6, 6.07) is 20.2. The van der Waals surface area contributed by atoms with Gasteiger partial charge in [0, 0.05) is 23.9 Å². The van der Waals surface area contributed by atoms with Gasteiger partial charge in [0.05, 0.1) is 0 Å². The minimum Gasteiger partial charge on any atom is -0.444 e. The van der Waals surface area contributed by atoms with Crippen LogP contribution in [0.5, 0.6) is 0 Å². The number of nitrogens with one attached hydrogen (secondary N) is 1. The third-order valence-electron chi connectivity index (χ3n) is 5.00. The topological polar surface area (TPSA) is 38.1 Å². The van der Waals surface area contributed by atoms with Crippen molar-refractivity contribution in [1.29, 1.82) is 0 Å². The predicted octanol–water partition coefficient (Wildman–Crippen LogP) is 7.06. The molecule has 0 aliphatic heterocycles. The van der Waals surface area contributed by atoms with E-state index in [0.29, 0.717) is 5.89 Å². The van der Waals surface area contributed by atoms with Crippen molar-refractivity contribution in [2.75, 3.05) is 7.05 Å². The van der Waals surface area contributed by atoms with E-state index in [-0.39, 0.29) is 0 Å². The van der Waals surface area contributed by atoms with Crippen LogP contribution in [0.1, 0.15) is 25.1 Å². The van der Waals surface area contributed by atoms with Crippen molar-refractivity contribution < 1.29 is 4.42 Å². The molecule has 156 valence electrons. The average Bonchev–Trinajstić information content (AvgIpc) is 3.31. The molecule has 0 atom stereocenters. The van der Waals surface area contributed by atoms with Crippen LogP contribution >= 0.6 is 0 Å². The summed E-state index contributed by atoms with van der Waals surface area (Å²) in [5, 5.41) is 3.27. The van der Waals surface area contributed by atoms with E-state index in [9.17, 15) is 0 Å². The van der Waals surface area contributed by atoms with E-state index in [1.165, 1.54) is 0 Å². The van der Waals surface area contributed by atoms with Gasteiger partial charge in [0.1, 0.15) is 12.0 Å². The molecule has 0 aliphatic carbocycles. The Kier molecular flexibility index (Phi) is 7.61. The van der Waals surface area contributed by atoms with Gasteiger partial charge in [-0.25, -0.2) is 4.98 Å². The maximum Gasteiger partial charge on any atom is 0.226 e. The number of hydrogen-bond donors (Lipinski definition) is 1. The first-order valence-electron chi connectivity index (χ1n) is 10.3. The van der Waals surface area contributed by atoms with Crippen LogP contribution in [0.15, 0.2) is 119 Å². The third-order valence-corrected chi connectivity index (χ3v) is 5.00. The van der Waals surface area contributed by atoms with E-state index in [1.807, 2.05) is 74.7 Å². The zero-order valence-corrected chi connectivity index (χ0v) is 18.3. The molecule has 3 aromatic rings. The zero-order valence-electron chi connectivity index (χ0n) is 18.3. The van der Waals surface area contributed by atoms with E-state index in [4.69, 9.17) is 4.42 Å². The quantitative estimate of drug-likeness (QED) is 0.405. The van der Waals surface area contributed by atoms with Crippen molar-refractivity contribution in [2.24, 2.45) is 0 Å². The number of hydrogen-bond acceptors (Lipinski definition) is 3. The lowest BCUT2D eigenvalue weighted by Crippen LogP contribution is -2.06. The number of allylic oxidation sites excluding steroid dienone is 8. The predicted molar refractivity (Wildman–Crippen MR) is 131 cm³/mol. The van der Waals surface area contributed by atoms with Crippen molar-refractivity contribution in [3.05, 3.63) is 126 Å². The second kappa shape index (κ2) is 10.8. The van der Waals surface area contributed by atoms with E-state index in [1.54, 1.807) is 6.26 Å². The van der Waals surface area contributed by atoms with Gasteiger partial charge in [-0.15, -0.1) is 0 Å². The molecule has 1 N–H and O–H groups in total. The zero-order chi connectivity index (χ0) is 22.1. The minimum absolute atomic E-state index is 0.611. The Balaban J connectivity index is 1.93. The molecule has 0 saturated heterocycles. The van der Waals surface area contributed by atoms with Crippen LogP contribution in [0.25, 0.3) is 23.1 Å². The van der Waals surface area contributed by atoms with Gasteiger partial charge in [-0.2, -0.15) is 0 Å². The number of oxazole rings is 1. The second-order valence-electron chi connectivity index (χ2n) is 6.98. The Morgan fingerprint density at radius 1 is 1.03 bits per heavy atom. The smallest absolute Gasteiger partial charge is 0.226 e. The third kappa shape index (κ3) is 5.61. The fraction of sp³-hybridized carbons (Fsp3) is 0.107. The highest BCUT2D eigenvalue weighted by molar-refractivity contribution is 5.77. The maximum absolute atomic E-state index is 5.66. The SMILES string of the molecule is C=C\C(=C/C(=C\C)C(/C=C\c1coc(-c2ccccc2)n1)=C(/C)NC)c1ccccc1. The standard InChI is InChI=1S/C28H28N2O/c1-5-22(24-13-9-7-10-14-24)19-23(6-2)27(21(3)29-4)18-17-26-20-31-28(30-26)25-15-11-8-12-16-25/h5-20,29H,1H2,2-4H3/b18-17-,22-19+,23-6+,27-21-. The van der Waals surface area contributed by atoms with Crippen LogP contribution in [0, 0.1) is 0 Å². The summed E-state index contributed by atoms with van der Waals surface area (Å²) in [6.07, 6.45) is 11.9. The lowest BCUT2D eigenvalue weighted by molar-refractivity contribution is 0.574. The van der Waals surface area contributed by atoms with Crippen LogP contribution in [0.4, 0.5) is 0 Å². The maximum atomic E-state index is 5.66. The molecule has 0 spiro atoms. The molecule has 0 aliphatic rings. The first kappa shape index (κ1) is 21.8. The molecule has 3 heteroatoms. The molecule has 0 fully saturated rings. The minimum atomic E-state index is 0.611. The van der Waals surface area contributed by atoms with Gasteiger partial charge in [-0.05, 0) is 54.8 Å². The van der Waals surface area contributed by atoms with E-state index < -0.39 is 0 Å². The lowest BCUT2D eigenvalue weighted by Gasteiger charge is -2.11. The molecular formula is C28H28N2O. The van der Waals surface area contributed by atoms with Gasteiger partial charge in [0.25, 0.3) is 0 Å². The highest BCUT2D eigenvalue weighted by atomic mass is 16.3. The van der Waals surface area contributed by atoms with Crippen molar-refractivity contribution in [2.45, 2.75) is 13.8 Å². The Bertz CT molecular complexity index is 1130. The molecule has 0 amide bonds. The molecule has 0 saturated carbocycles. The first-order valence-corrected chi connectivity index (χ1v) is 10.3. The van der Waals surface area contributed by atoms with Gasteiger partial charge in [0.2, 0.25) is 5.89 Å². The molecule has 1 heterocycles. The lowest BCUT2D eigenvalue weighted by atomic mass is 9.97. The summed E-state index contributed by atoms with van der Waals surface area (Å²) in [7, 11) is 1.93. The van der Waals surface area contributed by atoms with Gasteiger partial charge < -0.3 is 9.73 Å². The normalized spacial score (nSPS) is 13.3. The molecule has 1 aromatic heterocycles. The average molecular weight is 409 g/mol. The van der Waals surface area contributed by atoms with Crippen LogP contribution in [0.2, 0.25) is 0 Å². The van der Waals surface area contributed by atoms with Gasteiger partial charge in [0.15, 0.2) is 0 Å². The fourth-order valence-electron chi connectivity index (χ4n) is 3.19. The summed E-state index contributed by atoms with van der Waals surface area (Å²) in [6.45, 7) is 8.11. The Morgan fingerprint density at radius 2 is 1.71 bits per heavy atom. The first-order chi connectivity index (χ1) is 15.2. The summed E-state index contributed by atoms with van der Waals surface area (Å²) >= 11 is 0. The van der Waals surface area contributed by atoms with E-state index in [0.717, 1.165) is 39.2 Å². The summed E-state index contributed by atoms with van der Waals surface area (Å²) < 4.78 is 5.66. The molecule has 3 nitrogen and oxygen atoms in total. The van der Waals surface area contributed by atoms with E-state index >= 15 is 0 Å². The number of rotatable bonds is 8. The summed E-state index contributed by atoms with van der Waals surface area (Å²) in [4.78, 5) is 4.60. The number of nitrogens with zero attached hydrogens (tertiary/aromatic N) is 1. The molecule has 0 bridgehead atoms. The number of aromatic nitrogens is 1. The van der Waals surface area contributed by atoms with Crippen molar-refractivity contribution >= 4 is 11.6 Å². The Labute approximate surface area is 184 Å². The van der Waals surface area contributed by atoms with Crippen LogP contribution in [-0.2, 0) is 0 Å². The van der Waals surface area contributed by atoms with Crippen LogP contribution in [0.3, 0.4) is 0 Å².